The van der Waals surface area contributed by atoms with E-state index in [1.165, 1.54) is 48.4 Å². The monoisotopic (exact) mass is 1010 g/mol. The van der Waals surface area contributed by atoms with Crippen LogP contribution in [0.15, 0.2) is 248 Å². The first kappa shape index (κ1) is 48.0. The molecule has 0 amide bonds. The van der Waals surface area contributed by atoms with Crippen molar-refractivity contribution < 1.29 is 34.0 Å². The third kappa shape index (κ3) is 7.32. The summed E-state index contributed by atoms with van der Waals surface area (Å²) in [6.45, 7) is 15.1. The minimum atomic E-state index is -2.70. The molecule has 0 fully saturated rings. The molecule has 0 saturated heterocycles. The van der Waals surface area contributed by atoms with Gasteiger partial charge < -0.3 is 34.0 Å². The standard InChI is InChI=1S/C59H58N2P2.2BrH/c1-56(2)55(62(49-35-19-9-20-36-49,50-37-21-10-22-38-50)51-39-23-11-24-40-51)60-61(59(56,47-31-15-7-16-32-47)48-33-17-8-18-34-48)57(3,4)58(5,6)63(52-41-25-12-26-42-52,53-43-27-13-28-44-53)54-45-29-14-30-46-54;;/h7-46H,1-6H3;2*1H/q+2;;/p-2. The molecule has 65 heavy (non-hydrogen) atoms. The fraction of sp³-hybridized carbons (Fsp3) is 0.169. The lowest BCUT2D eigenvalue weighted by atomic mass is 9.63. The Kier molecular flexibility index (Phi) is 14.1. The average molecular weight is 1020 g/mol. The van der Waals surface area contributed by atoms with Crippen LogP contribution in [0.1, 0.15) is 52.7 Å². The summed E-state index contributed by atoms with van der Waals surface area (Å²) in [5, 5.41) is 16.6. The molecule has 1 aliphatic rings. The van der Waals surface area contributed by atoms with Gasteiger partial charge in [0.25, 0.3) is 0 Å². The Bertz CT molecular complexity index is 2560. The van der Waals surface area contributed by atoms with Crippen molar-refractivity contribution in [3.8, 4) is 0 Å². The number of hydrogen-bond acceptors (Lipinski definition) is 2. The van der Waals surface area contributed by atoms with Crippen LogP contribution in [0.25, 0.3) is 0 Å². The van der Waals surface area contributed by atoms with Crippen molar-refractivity contribution in [1.29, 1.82) is 0 Å². The molecule has 0 spiro atoms. The van der Waals surface area contributed by atoms with Crippen molar-refractivity contribution >= 4 is 51.8 Å². The largest absolute Gasteiger partial charge is 1.00 e. The van der Waals surface area contributed by atoms with Gasteiger partial charge in [-0.25, -0.2) is 0 Å². The number of halogens is 2. The van der Waals surface area contributed by atoms with E-state index in [1.54, 1.807) is 0 Å². The number of hydrogen-bond donors (Lipinski definition) is 0. The first-order valence-electron chi connectivity index (χ1n) is 22.2. The molecule has 0 radical (unpaired) electrons. The van der Waals surface area contributed by atoms with Crippen molar-refractivity contribution in [1.82, 2.24) is 5.01 Å². The van der Waals surface area contributed by atoms with Crippen molar-refractivity contribution in [2.45, 2.75) is 57.8 Å². The fourth-order valence-electron chi connectivity index (χ4n) is 11.1. The molecule has 0 bridgehead atoms. The summed E-state index contributed by atoms with van der Waals surface area (Å²) < 4.78 is 0. The first-order valence-corrected chi connectivity index (χ1v) is 25.8. The summed E-state index contributed by atoms with van der Waals surface area (Å²) in [5.74, 6) is 0. The number of hydrazone groups is 1. The summed E-state index contributed by atoms with van der Waals surface area (Å²) in [6.07, 6.45) is 0. The van der Waals surface area contributed by atoms with Crippen molar-refractivity contribution in [3.63, 3.8) is 0 Å². The topological polar surface area (TPSA) is 15.6 Å². The van der Waals surface area contributed by atoms with E-state index in [-0.39, 0.29) is 34.0 Å². The van der Waals surface area contributed by atoms with Crippen molar-refractivity contribution in [2.75, 3.05) is 0 Å². The van der Waals surface area contributed by atoms with Crippen LogP contribution in [0.5, 0.6) is 0 Å². The van der Waals surface area contributed by atoms with E-state index in [4.69, 9.17) is 5.10 Å². The second kappa shape index (κ2) is 19.1. The summed E-state index contributed by atoms with van der Waals surface area (Å²) >= 11 is 0. The van der Waals surface area contributed by atoms with Crippen LogP contribution in [0.4, 0.5) is 0 Å². The second-order valence-corrected chi connectivity index (χ2v) is 25.6. The van der Waals surface area contributed by atoms with E-state index in [1.807, 2.05) is 0 Å². The number of rotatable bonds is 12. The van der Waals surface area contributed by atoms with Gasteiger partial charge in [0, 0.05) is 0 Å². The zero-order chi connectivity index (χ0) is 43.8. The van der Waals surface area contributed by atoms with Crippen LogP contribution in [0.3, 0.4) is 0 Å². The molecule has 8 aromatic carbocycles. The fourth-order valence-corrected chi connectivity index (χ4v) is 21.4. The summed E-state index contributed by atoms with van der Waals surface area (Å²) in [6, 6.07) is 90.5. The molecule has 0 unspecified atom stereocenters. The zero-order valence-corrected chi connectivity index (χ0v) is 43.1. The van der Waals surface area contributed by atoms with Gasteiger partial charge >= 0.3 is 0 Å². The van der Waals surface area contributed by atoms with Crippen LogP contribution in [0, 0.1) is 5.41 Å². The molecular weight excluding hydrogens is 958 g/mol. The molecule has 1 aliphatic heterocycles. The number of benzene rings is 8. The first-order chi connectivity index (χ1) is 30.6. The normalized spacial score (nSPS) is 14.7. The average Bonchev–Trinajstić information content (AvgIpc) is 3.60. The molecular formula is C59H58Br2N2P2. The van der Waals surface area contributed by atoms with Gasteiger partial charge in [-0.15, -0.1) is 5.10 Å². The highest BCUT2D eigenvalue weighted by atomic mass is 79.9. The molecule has 1 heterocycles. The lowest BCUT2D eigenvalue weighted by Crippen LogP contribution is -3.00. The van der Waals surface area contributed by atoms with Gasteiger partial charge in [0.2, 0.25) is 5.45 Å². The van der Waals surface area contributed by atoms with E-state index >= 15 is 0 Å². The van der Waals surface area contributed by atoms with Gasteiger partial charge in [0.05, 0.1) is 11.0 Å². The van der Waals surface area contributed by atoms with Gasteiger partial charge in [-0.1, -0.05) is 170 Å². The van der Waals surface area contributed by atoms with Gasteiger partial charge in [-0.2, -0.15) is 0 Å². The Labute approximate surface area is 410 Å². The molecule has 6 heteroatoms. The lowest BCUT2D eigenvalue weighted by Gasteiger charge is -2.58. The van der Waals surface area contributed by atoms with Crippen molar-refractivity contribution in [2.24, 2.45) is 10.5 Å². The third-order valence-corrected chi connectivity index (χ3v) is 24.3. The predicted octanol–water partition coefficient (Wildman–Crippen LogP) is 6.14. The van der Waals surface area contributed by atoms with Crippen LogP contribution >= 0.6 is 14.5 Å². The van der Waals surface area contributed by atoms with E-state index < -0.39 is 36.2 Å². The quantitative estimate of drug-likeness (QED) is 0.135. The molecule has 0 N–H and O–H groups in total. The molecule has 9 rings (SSSR count). The molecule has 0 aromatic heterocycles. The SMILES string of the molecule is CC1(C)C([P+](c2ccccc2)(c2ccccc2)c2ccccc2)=NN(C(C)(C)C(C)(C)[P+](c2ccccc2)(c2ccccc2)c2ccccc2)C1(c1ccccc1)c1ccccc1.[Br-].[Br-]. The van der Waals surface area contributed by atoms with Gasteiger partial charge in [0.15, 0.2) is 7.26 Å². The molecule has 0 aliphatic carbocycles. The van der Waals surface area contributed by atoms with Crippen molar-refractivity contribution in [3.05, 3.63) is 254 Å². The van der Waals surface area contributed by atoms with E-state index in [0.29, 0.717) is 0 Å². The summed E-state index contributed by atoms with van der Waals surface area (Å²) in [7, 11) is -5.25. The maximum Gasteiger partial charge on any atom is 0.201 e. The maximum atomic E-state index is 6.50. The summed E-state index contributed by atoms with van der Waals surface area (Å²) in [5.41, 5.74) is 1.66. The Balaban J connectivity index is 0.00000315. The van der Waals surface area contributed by atoms with E-state index in [2.05, 4.69) is 289 Å². The molecule has 0 atom stereocenters. The van der Waals surface area contributed by atoms with Gasteiger partial charge in [0.1, 0.15) is 49.8 Å². The Hall–Kier alpha value is -4.95. The highest BCUT2D eigenvalue weighted by molar-refractivity contribution is 8.08. The van der Waals surface area contributed by atoms with Crippen LogP contribution in [0.2, 0.25) is 0 Å². The minimum Gasteiger partial charge on any atom is -1.00 e. The lowest BCUT2D eigenvalue weighted by molar-refractivity contribution is -0.0221. The van der Waals surface area contributed by atoms with Gasteiger partial charge in [-0.3, -0.25) is 5.01 Å². The third-order valence-electron chi connectivity index (χ3n) is 14.4. The predicted molar refractivity (Wildman–Crippen MR) is 275 cm³/mol. The van der Waals surface area contributed by atoms with Crippen LogP contribution in [-0.2, 0) is 5.54 Å². The second-order valence-electron chi connectivity index (χ2n) is 18.3. The molecule has 2 nitrogen and oxygen atoms in total. The molecule has 0 saturated carbocycles. The van der Waals surface area contributed by atoms with E-state index in [0.717, 1.165) is 0 Å². The Morgan fingerprint density at radius 3 is 0.892 bits per heavy atom. The number of nitrogens with zero attached hydrogens (tertiary/aromatic N) is 2. The molecule has 328 valence electrons. The summed E-state index contributed by atoms with van der Waals surface area (Å²) in [4.78, 5) is 0. The smallest absolute Gasteiger partial charge is 0.201 e. The highest BCUT2D eigenvalue weighted by Gasteiger charge is 2.75. The van der Waals surface area contributed by atoms with E-state index in [9.17, 15) is 0 Å². The maximum absolute atomic E-state index is 6.50. The van der Waals surface area contributed by atoms with Crippen LogP contribution < -0.4 is 65.8 Å². The minimum absolute atomic E-state index is 0. The van der Waals surface area contributed by atoms with Gasteiger partial charge in [-0.05, 0) is 125 Å². The Morgan fingerprint density at radius 2 is 0.615 bits per heavy atom. The zero-order valence-electron chi connectivity index (χ0n) is 38.1. The highest BCUT2D eigenvalue weighted by Crippen LogP contribution is 2.74. The molecule has 8 aromatic rings. The Morgan fingerprint density at radius 1 is 0.369 bits per heavy atom. The van der Waals surface area contributed by atoms with Crippen LogP contribution in [-0.4, -0.2) is 21.2 Å².